The van der Waals surface area contributed by atoms with E-state index in [1.807, 2.05) is 0 Å². The van der Waals surface area contributed by atoms with Crippen molar-refractivity contribution in [1.29, 1.82) is 0 Å². The fourth-order valence-corrected chi connectivity index (χ4v) is 1.87. The van der Waals surface area contributed by atoms with E-state index in [9.17, 15) is 4.79 Å². The molecule has 6 nitrogen and oxygen atoms in total. The summed E-state index contributed by atoms with van der Waals surface area (Å²) >= 11 is 0. The third kappa shape index (κ3) is 2.02. The Morgan fingerprint density at radius 1 is 1.53 bits per heavy atom. The molecule has 2 aliphatic rings. The van der Waals surface area contributed by atoms with Gasteiger partial charge in [-0.2, -0.15) is 0 Å². The number of hydrogen-bond donors (Lipinski definition) is 0. The highest BCUT2D eigenvalue weighted by atomic mass is 16.7. The lowest BCUT2D eigenvalue weighted by molar-refractivity contribution is -0.161. The molecule has 1 saturated heterocycles. The lowest BCUT2D eigenvalue weighted by Crippen LogP contribution is -2.32. The van der Waals surface area contributed by atoms with Crippen molar-refractivity contribution in [3.63, 3.8) is 0 Å². The molecule has 0 bridgehead atoms. The Bertz CT molecular complexity index is 352. The summed E-state index contributed by atoms with van der Waals surface area (Å²) in [5.74, 6) is -1.02. The molecular formula is C9H11N3O3. The number of amides is 1. The number of carbonyl (C=O) groups is 1. The first kappa shape index (κ1) is 10.2. The van der Waals surface area contributed by atoms with Crippen LogP contribution in [-0.2, 0) is 14.3 Å². The van der Waals surface area contributed by atoms with E-state index in [1.165, 1.54) is 0 Å². The summed E-state index contributed by atoms with van der Waals surface area (Å²) in [5, 5.41) is 3.06. The average molecular weight is 209 g/mol. The highest BCUT2D eigenvalue weighted by Crippen LogP contribution is 2.35. The van der Waals surface area contributed by atoms with Gasteiger partial charge in [-0.05, 0) is 22.6 Å². The van der Waals surface area contributed by atoms with Gasteiger partial charge in [0.25, 0.3) is 0 Å². The largest absolute Gasteiger partial charge is 0.347 e. The first-order valence-electron chi connectivity index (χ1n) is 4.82. The summed E-state index contributed by atoms with van der Waals surface area (Å²) in [7, 11) is 0. The van der Waals surface area contributed by atoms with Crippen LogP contribution in [0, 0.1) is 0 Å². The molecule has 1 aliphatic carbocycles. The Morgan fingerprint density at radius 2 is 2.27 bits per heavy atom. The van der Waals surface area contributed by atoms with Crippen molar-refractivity contribution < 1.29 is 14.3 Å². The summed E-state index contributed by atoms with van der Waals surface area (Å²) in [5.41, 5.74) is 8.69. The molecule has 0 atom stereocenters. The van der Waals surface area contributed by atoms with E-state index >= 15 is 0 Å². The van der Waals surface area contributed by atoms with Gasteiger partial charge in [-0.3, -0.25) is 4.79 Å². The molecule has 0 aromatic carbocycles. The van der Waals surface area contributed by atoms with Gasteiger partial charge in [0.05, 0.1) is 13.2 Å². The van der Waals surface area contributed by atoms with Crippen molar-refractivity contribution in [3.05, 3.63) is 22.1 Å². The van der Waals surface area contributed by atoms with Crippen LogP contribution in [0.4, 0.5) is 0 Å². The Morgan fingerprint density at radius 3 is 2.80 bits per heavy atom. The van der Waals surface area contributed by atoms with E-state index in [4.69, 9.17) is 15.0 Å². The molecule has 0 radical (unpaired) electrons. The topological polar surface area (TPSA) is 84.3 Å². The molecule has 1 fully saturated rings. The highest BCUT2D eigenvalue weighted by molar-refractivity contribution is 5.94. The molecule has 0 aromatic heterocycles. The number of rotatable bonds is 1. The molecule has 0 N–H and O–H groups in total. The molecule has 80 valence electrons. The van der Waals surface area contributed by atoms with Crippen molar-refractivity contribution in [1.82, 2.24) is 0 Å². The third-order valence-corrected chi connectivity index (χ3v) is 2.66. The van der Waals surface area contributed by atoms with Crippen LogP contribution in [0.3, 0.4) is 0 Å². The number of azide groups is 1. The van der Waals surface area contributed by atoms with E-state index in [0.717, 1.165) is 0 Å². The second-order valence-electron chi connectivity index (χ2n) is 3.54. The molecule has 0 aromatic rings. The molecule has 0 unspecified atom stereocenters. The Labute approximate surface area is 86.5 Å². The average Bonchev–Trinajstić information content (AvgIpc) is 2.68. The second-order valence-corrected chi connectivity index (χ2v) is 3.54. The predicted octanol–water partition coefficient (Wildman–Crippen LogP) is 1.68. The minimum absolute atomic E-state index is 0.495. The Balaban J connectivity index is 2.05. The van der Waals surface area contributed by atoms with Gasteiger partial charge in [0, 0.05) is 17.8 Å². The van der Waals surface area contributed by atoms with E-state index in [2.05, 4.69) is 10.0 Å². The zero-order chi connectivity index (χ0) is 10.7. The van der Waals surface area contributed by atoms with Crippen LogP contribution in [0.15, 0.2) is 16.8 Å². The summed E-state index contributed by atoms with van der Waals surface area (Å²) in [6, 6.07) is 0. The molecule has 1 heterocycles. The third-order valence-electron chi connectivity index (χ3n) is 2.66. The maximum atomic E-state index is 11.2. The van der Waals surface area contributed by atoms with Gasteiger partial charge in [-0.15, -0.1) is 0 Å². The standard InChI is InChI=1S/C9H11N3O3/c10-12-11-8(13)7-1-3-9(4-2-7)14-5-6-15-9/h1H,2-6H2. The van der Waals surface area contributed by atoms with Gasteiger partial charge >= 0.3 is 0 Å². The first-order chi connectivity index (χ1) is 7.26. The number of hydrogen-bond acceptors (Lipinski definition) is 3. The van der Waals surface area contributed by atoms with Crippen LogP contribution in [0.25, 0.3) is 10.4 Å². The Hall–Kier alpha value is -1.36. The summed E-state index contributed by atoms with van der Waals surface area (Å²) in [6.07, 6.45) is 3.48. The molecule has 0 saturated carbocycles. The minimum Gasteiger partial charge on any atom is -0.347 e. The molecule has 1 amide bonds. The first-order valence-corrected chi connectivity index (χ1v) is 4.82. The lowest BCUT2D eigenvalue weighted by atomic mass is 9.94. The van der Waals surface area contributed by atoms with Crippen LogP contribution in [0.1, 0.15) is 19.3 Å². The van der Waals surface area contributed by atoms with E-state index in [0.29, 0.717) is 38.0 Å². The van der Waals surface area contributed by atoms with E-state index in [-0.39, 0.29) is 0 Å². The van der Waals surface area contributed by atoms with Gasteiger partial charge in [0.1, 0.15) is 0 Å². The maximum Gasteiger partial charge on any atom is 0.244 e. The summed E-state index contributed by atoms with van der Waals surface area (Å²) in [6.45, 7) is 1.21. The fourth-order valence-electron chi connectivity index (χ4n) is 1.87. The number of carbonyl (C=O) groups excluding carboxylic acids is 1. The molecule has 1 aliphatic heterocycles. The van der Waals surface area contributed by atoms with Crippen molar-refractivity contribution in [3.8, 4) is 0 Å². The molecule has 15 heavy (non-hydrogen) atoms. The zero-order valence-electron chi connectivity index (χ0n) is 8.18. The maximum absolute atomic E-state index is 11.2. The monoisotopic (exact) mass is 209 g/mol. The van der Waals surface area contributed by atoms with Crippen LogP contribution < -0.4 is 0 Å². The lowest BCUT2D eigenvalue weighted by Gasteiger charge is -2.29. The number of nitrogens with zero attached hydrogens (tertiary/aromatic N) is 3. The van der Waals surface area contributed by atoms with E-state index in [1.54, 1.807) is 6.08 Å². The van der Waals surface area contributed by atoms with Gasteiger partial charge in [0.2, 0.25) is 5.91 Å². The van der Waals surface area contributed by atoms with Crippen LogP contribution >= 0.6 is 0 Å². The van der Waals surface area contributed by atoms with Crippen LogP contribution in [0.5, 0.6) is 0 Å². The highest BCUT2D eigenvalue weighted by Gasteiger charge is 2.38. The summed E-state index contributed by atoms with van der Waals surface area (Å²) < 4.78 is 11.0. The van der Waals surface area contributed by atoms with Crippen molar-refractivity contribution in [2.24, 2.45) is 5.11 Å². The molecular weight excluding hydrogens is 198 g/mol. The quantitative estimate of drug-likeness (QED) is 0.374. The van der Waals surface area contributed by atoms with Crippen molar-refractivity contribution >= 4 is 5.91 Å². The molecule has 1 spiro atoms. The van der Waals surface area contributed by atoms with Gasteiger partial charge < -0.3 is 9.47 Å². The number of ether oxygens (including phenoxy) is 2. The summed E-state index contributed by atoms with van der Waals surface area (Å²) in [4.78, 5) is 13.7. The van der Waals surface area contributed by atoms with Gasteiger partial charge in [-0.1, -0.05) is 6.08 Å². The van der Waals surface area contributed by atoms with Gasteiger partial charge in [-0.25, -0.2) is 0 Å². The normalized spacial score (nSPS) is 23.3. The smallest absolute Gasteiger partial charge is 0.244 e. The van der Waals surface area contributed by atoms with Crippen LogP contribution in [-0.4, -0.2) is 24.9 Å². The van der Waals surface area contributed by atoms with Crippen LogP contribution in [0.2, 0.25) is 0 Å². The zero-order valence-corrected chi connectivity index (χ0v) is 8.18. The SMILES string of the molecule is [N-]=[N+]=NC(=O)C1=CCC2(CC1)OCCO2. The minimum atomic E-state index is -0.528. The predicted molar refractivity (Wildman–Crippen MR) is 50.7 cm³/mol. The molecule has 6 heteroatoms. The Kier molecular flexibility index (Phi) is 2.73. The molecule has 2 rings (SSSR count). The van der Waals surface area contributed by atoms with Crippen molar-refractivity contribution in [2.75, 3.05) is 13.2 Å². The fraction of sp³-hybridized carbons (Fsp3) is 0.667. The second kappa shape index (κ2) is 4.02. The van der Waals surface area contributed by atoms with Crippen molar-refractivity contribution in [2.45, 2.75) is 25.0 Å². The van der Waals surface area contributed by atoms with Gasteiger partial charge in [0.15, 0.2) is 5.79 Å². The van der Waals surface area contributed by atoms with E-state index < -0.39 is 11.7 Å².